The monoisotopic (exact) mass is 361 g/mol. The molecule has 26 heavy (non-hydrogen) atoms. The number of aryl methyl sites for hydroxylation is 1. The van der Waals surface area contributed by atoms with E-state index in [9.17, 15) is 13.6 Å². The molecule has 3 rings (SSSR count). The average molecular weight is 361 g/mol. The van der Waals surface area contributed by atoms with E-state index in [1.54, 1.807) is 24.0 Å². The van der Waals surface area contributed by atoms with Crippen LogP contribution in [0.3, 0.4) is 0 Å². The van der Waals surface area contributed by atoms with Crippen molar-refractivity contribution >= 4 is 5.91 Å². The first-order valence-electron chi connectivity index (χ1n) is 9.24. The molecule has 4 nitrogen and oxygen atoms in total. The van der Waals surface area contributed by atoms with E-state index in [4.69, 9.17) is 0 Å². The van der Waals surface area contributed by atoms with Crippen LogP contribution in [0.2, 0.25) is 0 Å². The van der Waals surface area contributed by atoms with Crippen molar-refractivity contribution in [1.82, 2.24) is 14.5 Å². The Balaban J connectivity index is 1.90. The summed E-state index contributed by atoms with van der Waals surface area (Å²) in [4.78, 5) is 18.7. The van der Waals surface area contributed by atoms with Gasteiger partial charge in [0.15, 0.2) is 0 Å². The molecule has 0 saturated heterocycles. The van der Waals surface area contributed by atoms with Crippen molar-refractivity contribution in [3.8, 4) is 11.3 Å². The van der Waals surface area contributed by atoms with Crippen LogP contribution >= 0.6 is 0 Å². The van der Waals surface area contributed by atoms with Gasteiger partial charge in [0.25, 0.3) is 11.8 Å². The van der Waals surface area contributed by atoms with Crippen LogP contribution in [-0.4, -0.2) is 26.9 Å². The Morgan fingerprint density at radius 2 is 1.85 bits per heavy atom. The Hall–Kier alpha value is -2.24. The second-order valence-electron chi connectivity index (χ2n) is 6.89. The highest BCUT2D eigenvalue weighted by molar-refractivity contribution is 5.94. The maximum atomic E-state index is 14.1. The van der Waals surface area contributed by atoms with Gasteiger partial charge in [-0.25, -0.2) is 13.8 Å². The van der Waals surface area contributed by atoms with Gasteiger partial charge in [0.2, 0.25) is 5.82 Å². The zero-order valence-corrected chi connectivity index (χ0v) is 15.6. The summed E-state index contributed by atoms with van der Waals surface area (Å²) in [6, 6.07) is 6.37. The van der Waals surface area contributed by atoms with Crippen LogP contribution in [0.1, 0.15) is 61.4 Å². The van der Waals surface area contributed by atoms with Crippen LogP contribution in [0.15, 0.2) is 24.3 Å². The molecule has 1 aliphatic heterocycles. The highest BCUT2D eigenvalue weighted by atomic mass is 19.3. The lowest BCUT2D eigenvalue weighted by Crippen LogP contribution is -2.26. The van der Waals surface area contributed by atoms with Gasteiger partial charge in [0, 0.05) is 24.1 Å². The van der Waals surface area contributed by atoms with Gasteiger partial charge >= 0.3 is 0 Å². The number of benzene rings is 1. The number of unbranched alkanes of at least 4 members (excludes halogenated alkanes) is 1. The predicted molar refractivity (Wildman–Crippen MR) is 97.1 cm³/mol. The van der Waals surface area contributed by atoms with Crippen molar-refractivity contribution in [2.75, 3.05) is 6.54 Å². The van der Waals surface area contributed by atoms with Crippen LogP contribution in [0.25, 0.3) is 11.3 Å². The molecular formula is C20H25F2N3O. The summed E-state index contributed by atoms with van der Waals surface area (Å²) in [5, 5.41) is 0. The van der Waals surface area contributed by atoms with Gasteiger partial charge in [-0.2, -0.15) is 0 Å². The van der Waals surface area contributed by atoms with Crippen LogP contribution < -0.4 is 0 Å². The van der Waals surface area contributed by atoms with Gasteiger partial charge in [-0.05, 0) is 13.3 Å². The maximum Gasteiger partial charge on any atom is 0.291 e. The van der Waals surface area contributed by atoms with E-state index in [1.807, 2.05) is 11.5 Å². The molecule has 0 N–H and O–H groups in total. The molecule has 0 radical (unpaired) electrons. The number of aromatic nitrogens is 2. The van der Waals surface area contributed by atoms with E-state index in [0.717, 1.165) is 29.8 Å². The summed E-state index contributed by atoms with van der Waals surface area (Å²) >= 11 is 0. The lowest BCUT2D eigenvalue weighted by molar-refractivity contribution is -0.0140. The first-order chi connectivity index (χ1) is 12.4. The number of hydrogen-bond acceptors (Lipinski definition) is 2. The van der Waals surface area contributed by atoms with Gasteiger partial charge in [-0.3, -0.25) is 4.79 Å². The Kier molecular flexibility index (Phi) is 5.12. The summed E-state index contributed by atoms with van der Waals surface area (Å²) in [7, 11) is 0. The van der Waals surface area contributed by atoms with E-state index in [1.165, 1.54) is 12.1 Å². The van der Waals surface area contributed by atoms with Crippen LogP contribution in [0, 0.1) is 6.92 Å². The zero-order chi connectivity index (χ0) is 18.9. The first kappa shape index (κ1) is 18.5. The molecule has 6 heteroatoms. The molecule has 0 atom stereocenters. The normalized spacial score (nSPS) is 14.2. The Labute approximate surface area is 152 Å². The topological polar surface area (TPSA) is 38.1 Å². The minimum atomic E-state index is -2.81. The second-order valence-corrected chi connectivity index (χ2v) is 6.89. The number of fused-ring (bicyclic) bond motifs is 1. The molecule has 1 aromatic carbocycles. The average Bonchev–Trinajstić information content (AvgIpc) is 3.08. The third-order valence-electron chi connectivity index (χ3n) is 4.86. The van der Waals surface area contributed by atoms with Crippen molar-refractivity contribution in [3.05, 3.63) is 41.3 Å². The van der Waals surface area contributed by atoms with Crippen molar-refractivity contribution in [3.63, 3.8) is 0 Å². The van der Waals surface area contributed by atoms with Gasteiger partial charge in [-0.1, -0.05) is 51.0 Å². The van der Waals surface area contributed by atoms with Crippen molar-refractivity contribution in [2.45, 2.75) is 59.0 Å². The zero-order valence-electron chi connectivity index (χ0n) is 15.6. The van der Waals surface area contributed by atoms with E-state index >= 15 is 0 Å². The molecule has 0 unspecified atom stereocenters. The number of carbonyl (C=O) groups excluding carboxylic acids is 1. The fourth-order valence-electron chi connectivity index (χ4n) is 3.47. The summed E-state index contributed by atoms with van der Waals surface area (Å²) in [6.45, 7) is 6.87. The summed E-state index contributed by atoms with van der Waals surface area (Å²) < 4.78 is 30.1. The quantitative estimate of drug-likeness (QED) is 0.699. The maximum absolute atomic E-state index is 14.1. The number of hydrogen-bond donors (Lipinski definition) is 0. The van der Waals surface area contributed by atoms with Gasteiger partial charge in [-0.15, -0.1) is 0 Å². The fraction of sp³-hybridized carbons (Fsp3) is 0.500. The molecule has 2 aromatic rings. The molecule has 2 heterocycles. The molecule has 140 valence electrons. The van der Waals surface area contributed by atoms with Crippen LogP contribution in [0.4, 0.5) is 8.78 Å². The number of rotatable bonds is 7. The van der Waals surface area contributed by atoms with E-state index < -0.39 is 5.92 Å². The predicted octanol–water partition coefficient (Wildman–Crippen LogP) is 4.96. The number of alkyl halides is 2. The SMILES string of the molecule is CCCCN1Cn2c(nc(C)c2-c2ccc(C(F)(F)CCC)cc2)C1=O. The molecule has 0 bridgehead atoms. The van der Waals surface area contributed by atoms with Crippen molar-refractivity contribution < 1.29 is 13.6 Å². The lowest BCUT2D eigenvalue weighted by Gasteiger charge is -2.17. The minimum Gasteiger partial charge on any atom is -0.318 e. The van der Waals surface area contributed by atoms with Gasteiger partial charge in [0.05, 0.1) is 18.1 Å². The first-order valence-corrected chi connectivity index (χ1v) is 9.24. The third kappa shape index (κ3) is 3.24. The summed E-state index contributed by atoms with van der Waals surface area (Å²) in [5.41, 5.74) is 2.42. The highest BCUT2D eigenvalue weighted by Gasteiger charge is 2.33. The molecule has 0 saturated carbocycles. The van der Waals surface area contributed by atoms with Crippen LogP contribution in [-0.2, 0) is 12.6 Å². The number of amides is 1. The highest BCUT2D eigenvalue weighted by Crippen LogP contribution is 2.35. The van der Waals surface area contributed by atoms with Crippen molar-refractivity contribution in [2.24, 2.45) is 0 Å². The van der Waals surface area contributed by atoms with E-state index in [-0.39, 0.29) is 17.9 Å². The Morgan fingerprint density at radius 1 is 1.15 bits per heavy atom. The van der Waals surface area contributed by atoms with Crippen LogP contribution in [0.5, 0.6) is 0 Å². The molecule has 1 aromatic heterocycles. The van der Waals surface area contributed by atoms with E-state index in [0.29, 0.717) is 25.5 Å². The molecule has 1 amide bonds. The van der Waals surface area contributed by atoms with Crippen molar-refractivity contribution in [1.29, 1.82) is 0 Å². The Morgan fingerprint density at radius 3 is 2.46 bits per heavy atom. The smallest absolute Gasteiger partial charge is 0.291 e. The molecule has 0 aliphatic carbocycles. The molecule has 0 fully saturated rings. The summed E-state index contributed by atoms with van der Waals surface area (Å²) in [6.07, 6.45) is 2.24. The molecular weight excluding hydrogens is 336 g/mol. The van der Waals surface area contributed by atoms with E-state index in [2.05, 4.69) is 11.9 Å². The number of carbonyl (C=O) groups is 1. The fourth-order valence-corrected chi connectivity index (χ4v) is 3.47. The molecule has 0 spiro atoms. The minimum absolute atomic E-state index is 0.0302. The number of nitrogens with zero attached hydrogens (tertiary/aromatic N) is 3. The molecule has 1 aliphatic rings. The largest absolute Gasteiger partial charge is 0.318 e. The van der Waals surface area contributed by atoms with Gasteiger partial charge in [0.1, 0.15) is 0 Å². The Bertz CT molecular complexity index is 796. The van der Waals surface area contributed by atoms with Gasteiger partial charge < -0.3 is 9.47 Å². The number of imidazole rings is 1. The third-order valence-corrected chi connectivity index (χ3v) is 4.86. The number of halogens is 2. The summed E-state index contributed by atoms with van der Waals surface area (Å²) in [5.74, 6) is -2.43. The standard InChI is InChI=1S/C20H25F2N3O/c1-4-6-12-24-13-25-17(14(3)23-18(25)19(24)26)15-7-9-16(10-8-15)20(21,22)11-5-2/h7-10H,4-6,11-13H2,1-3H3. The lowest BCUT2D eigenvalue weighted by atomic mass is 10.0. The second kappa shape index (κ2) is 7.17.